The molecule has 0 saturated heterocycles. The van der Waals surface area contributed by atoms with Gasteiger partial charge in [-0.3, -0.25) is 4.79 Å². The summed E-state index contributed by atoms with van der Waals surface area (Å²) in [5, 5.41) is 4.18. The van der Waals surface area contributed by atoms with Crippen molar-refractivity contribution >= 4 is 40.4 Å². The first-order valence-corrected chi connectivity index (χ1v) is 11.0. The van der Waals surface area contributed by atoms with Crippen LogP contribution in [0.2, 0.25) is 0 Å². The van der Waals surface area contributed by atoms with Crippen molar-refractivity contribution in [2.75, 3.05) is 30.1 Å². The topological polar surface area (TPSA) is 37.3 Å². The van der Waals surface area contributed by atoms with Crippen LogP contribution >= 0.6 is 23.1 Å². The second kappa shape index (κ2) is 7.44. The number of amides is 1. The number of hydrogen-bond acceptors (Lipinski definition) is 4. The first-order valence-electron chi connectivity index (χ1n) is 8.99. The number of nitrogens with zero attached hydrogens (tertiary/aromatic N) is 2. The van der Waals surface area contributed by atoms with Gasteiger partial charge in [0.15, 0.2) is 0 Å². The average molecular weight is 398 g/mol. The van der Waals surface area contributed by atoms with Gasteiger partial charge < -0.3 is 14.8 Å². The number of thioether (sulfide) groups is 1. The molecule has 1 aliphatic heterocycles. The lowest BCUT2D eigenvalue weighted by Gasteiger charge is -2.17. The predicted molar refractivity (Wildman–Crippen MR) is 117 cm³/mol. The molecule has 1 N–H and O–H groups in total. The number of aromatic nitrogens is 1. The Kier molecular flexibility index (Phi) is 5.02. The highest BCUT2D eigenvalue weighted by Gasteiger charge is 2.26. The van der Waals surface area contributed by atoms with Gasteiger partial charge in [0, 0.05) is 48.5 Å². The Hall–Kier alpha value is -2.18. The molecule has 4 nitrogen and oxygen atoms in total. The van der Waals surface area contributed by atoms with Crippen LogP contribution in [0.4, 0.5) is 11.4 Å². The number of nitrogens with one attached hydrogen (secondary N) is 1. The molecule has 27 heavy (non-hydrogen) atoms. The minimum absolute atomic E-state index is 0.0104. The van der Waals surface area contributed by atoms with Crippen LogP contribution in [0.15, 0.2) is 42.7 Å². The summed E-state index contributed by atoms with van der Waals surface area (Å²) in [6.07, 6.45) is 4.98. The van der Waals surface area contributed by atoms with Gasteiger partial charge in [-0.15, -0.1) is 11.3 Å². The standard InChI is InChI=1S/C21H23N3OS2/c1-14-12-15(23(2)3)6-7-17(14)22-20(25)19-16-8-11-26-13-18(16)27-21(19)24-9-4-5-10-24/h4-7,9-10,12H,8,11,13H2,1-3H3,(H,22,25). The quantitative estimate of drug-likeness (QED) is 0.676. The Morgan fingerprint density at radius 3 is 2.70 bits per heavy atom. The van der Waals surface area contributed by atoms with Gasteiger partial charge in [-0.2, -0.15) is 11.8 Å². The Balaban J connectivity index is 1.71. The monoisotopic (exact) mass is 397 g/mol. The van der Waals surface area contributed by atoms with Gasteiger partial charge in [-0.25, -0.2) is 0 Å². The first kappa shape index (κ1) is 18.2. The van der Waals surface area contributed by atoms with Crippen molar-refractivity contribution in [3.8, 4) is 5.00 Å². The van der Waals surface area contributed by atoms with Crippen LogP contribution in [0, 0.1) is 6.92 Å². The zero-order valence-corrected chi connectivity index (χ0v) is 17.4. The second-order valence-corrected chi connectivity index (χ2v) is 9.11. The van der Waals surface area contributed by atoms with Crippen LogP contribution < -0.4 is 10.2 Å². The van der Waals surface area contributed by atoms with Crippen LogP contribution in [0.1, 0.15) is 26.4 Å². The van der Waals surface area contributed by atoms with Gasteiger partial charge in [0.1, 0.15) is 5.00 Å². The fourth-order valence-corrected chi connectivity index (χ4v) is 5.80. The average Bonchev–Trinajstić information content (AvgIpc) is 3.30. The van der Waals surface area contributed by atoms with Gasteiger partial charge in [0.2, 0.25) is 0 Å². The Morgan fingerprint density at radius 2 is 2.00 bits per heavy atom. The summed E-state index contributed by atoms with van der Waals surface area (Å²) in [5.74, 6) is 2.06. The van der Waals surface area contributed by atoms with E-state index in [1.807, 2.05) is 69.4 Å². The van der Waals surface area contributed by atoms with Crippen molar-refractivity contribution in [3.63, 3.8) is 0 Å². The molecule has 0 unspecified atom stereocenters. The summed E-state index contributed by atoms with van der Waals surface area (Å²) < 4.78 is 2.06. The fraction of sp³-hybridized carbons (Fsp3) is 0.286. The van der Waals surface area contributed by atoms with Crippen LogP contribution in [0.25, 0.3) is 5.00 Å². The van der Waals surface area contributed by atoms with Crippen molar-refractivity contribution in [1.82, 2.24) is 4.57 Å². The molecule has 0 bridgehead atoms. The maximum atomic E-state index is 13.3. The van der Waals surface area contributed by atoms with E-state index in [1.165, 1.54) is 10.4 Å². The molecular weight excluding hydrogens is 374 g/mol. The Morgan fingerprint density at radius 1 is 1.22 bits per heavy atom. The lowest BCUT2D eigenvalue weighted by atomic mass is 10.1. The molecule has 0 aliphatic carbocycles. The van der Waals surface area contributed by atoms with Gasteiger partial charge in [0.05, 0.1) is 5.56 Å². The molecule has 0 saturated carbocycles. The third-order valence-electron chi connectivity index (χ3n) is 4.84. The summed E-state index contributed by atoms with van der Waals surface area (Å²) >= 11 is 3.69. The van der Waals surface area contributed by atoms with Gasteiger partial charge in [-0.05, 0) is 60.6 Å². The van der Waals surface area contributed by atoms with Crippen LogP contribution in [-0.2, 0) is 12.2 Å². The van der Waals surface area contributed by atoms with Crippen molar-refractivity contribution in [2.45, 2.75) is 19.1 Å². The number of thiophene rings is 1. The van der Waals surface area contributed by atoms with E-state index in [0.717, 1.165) is 45.4 Å². The van der Waals surface area contributed by atoms with E-state index in [4.69, 9.17) is 0 Å². The number of hydrogen-bond donors (Lipinski definition) is 1. The molecule has 3 aromatic rings. The van der Waals surface area contributed by atoms with E-state index < -0.39 is 0 Å². The van der Waals surface area contributed by atoms with E-state index in [0.29, 0.717) is 0 Å². The minimum atomic E-state index is -0.0104. The second-order valence-electron chi connectivity index (χ2n) is 6.92. The molecule has 1 aromatic carbocycles. The highest BCUT2D eigenvalue weighted by atomic mass is 32.2. The maximum absolute atomic E-state index is 13.3. The lowest BCUT2D eigenvalue weighted by Crippen LogP contribution is -2.17. The van der Waals surface area contributed by atoms with Gasteiger partial charge in [0.25, 0.3) is 5.91 Å². The van der Waals surface area contributed by atoms with Gasteiger partial charge in [-0.1, -0.05) is 0 Å². The predicted octanol–water partition coefficient (Wildman–Crippen LogP) is 4.95. The molecule has 0 spiro atoms. The number of fused-ring (bicyclic) bond motifs is 1. The number of anilines is 2. The van der Waals surface area contributed by atoms with Crippen LogP contribution in [0.3, 0.4) is 0 Å². The molecule has 1 aliphatic rings. The zero-order valence-electron chi connectivity index (χ0n) is 15.8. The molecule has 6 heteroatoms. The number of rotatable bonds is 4. The molecular formula is C21H23N3OS2. The smallest absolute Gasteiger partial charge is 0.258 e. The summed E-state index contributed by atoms with van der Waals surface area (Å²) in [6, 6.07) is 10.1. The number of benzene rings is 1. The molecule has 4 rings (SSSR count). The largest absolute Gasteiger partial charge is 0.378 e. The molecule has 0 atom stereocenters. The molecule has 0 radical (unpaired) electrons. The van der Waals surface area contributed by atoms with Crippen molar-refractivity contribution in [2.24, 2.45) is 0 Å². The summed E-state index contributed by atoms with van der Waals surface area (Å²) in [7, 11) is 4.04. The van der Waals surface area contributed by atoms with Crippen LogP contribution in [0.5, 0.6) is 0 Å². The Labute approximate surface area is 168 Å². The van der Waals surface area contributed by atoms with Crippen molar-refractivity contribution in [1.29, 1.82) is 0 Å². The molecule has 140 valence electrons. The summed E-state index contributed by atoms with van der Waals surface area (Å²) in [5.41, 5.74) is 5.12. The minimum Gasteiger partial charge on any atom is -0.378 e. The SMILES string of the molecule is Cc1cc(N(C)C)ccc1NC(=O)c1c(-n2cccc2)sc2c1CCSC2. The molecule has 0 fully saturated rings. The lowest BCUT2D eigenvalue weighted by molar-refractivity contribution is 0.102. The third kappa shape index (κ3) is 3.51. The van der Waals surface area contributed by atoms with Crippen LogP contribution in [-0.4, -0.2) is 30.3 Å². The normalized spacial score (nSPS) is 13.3. The van der Waals surface area contributed by atoms with E-state index in [1.54, 1.807) is 11.3 Å². The highest BCUT2D eigenvalue weighted by Crippen LogP contribution is 2.38. The van der Waals surface area contributed by atoms with Crippen molar-refractivity contribution in [3.05, 3.63) is 64.3 Å². The van der Waals surface area contributed by atoms with E-state index >= 15 is 0 Å². The molecule has 3 heterocycles. The number of aryl methyl sites for hydroxylation is 1. The van der Waals surface area contributed by atoms with E-state index in [2.05, 4.69) is 20.9 Å². The Bertz CT molecular complexity index is 974. The molecule has 1 amide bonds. The zero-order chi connectivity index (χ0) is 19.0. The maximum Gasteiger partial charge on any atom is 0.258 e. The number of carbonyl (C=O) groups excluding carboxylic acids is 1. The highest BCUT2D eigenvalue weighted by molar-refractivity contribution is 7.98. The fourth-order valence-electron chi connectivity index (χ4n) is 3.35. The molecule has 2 aromatic heterocycles. The van der Waals surface area contributed by atoms with E-state index in [-0.39, 0.29) is 5.91 Å². The van der Waals surface area contributed by atoms with Crippen molar-refractivity contribution < 1.29 is 4.79 Å². The summed E-state index contributed by atoms with van der Waals surface area (Å²) in [4.78, 5) is 16.7. The first-order chi connectivity index (χ1) is 13.0. The number of carbonyl (C=O) groups is 1. The third-order valence-corrected chi connectivity index (χ3v) is 7.26. The van der Waals surface area contributed by atoms with E-state index in [9.17, 15) is 4.79 Å². The summed E-state index contributed by atoms with van der Waals surface area (Å²) in [6.45, 7) is 2.04. The van der Waals surface area contributed by atoms with Gasteiger partial charge >= 0.3 is 0 Å².